The lowest BCUT2D eigenvalue weighted by Gasteiger charge is -2.70. The monoisotopic (exact) mass is 896 g/mol. The van der Waals surface area contributed by atoms with Gasteiger partial charge in [0.2, 0.25) is 0 Å². The number of carbonyl (C=O) groups is 5. The van der Waals surface area contributed by atoms with Crippen LogP contribution in [0.4, 0.5) is 4.79 Å². The third-order valence-corrected chi connectivity index (χ3v) is 14.2. The molecule has 11 atom stereocenters. The average Bonchev–Trinajstić information content (AvgIpc) is 3.24. The Balaban J connectivity index is 1.36. The zero-order valence-corrected chi connectivity index (χ0v) is 38.0. The molecule has 2 bridgehead atoms. The van der Waals surface area contributed by atoms with Crippen molar-refractivity contribution in [3.63, 3.8) is 0 Å². The third-order valence-electron chi connectivity index (χ3n) is 14.2. The molecule has 7 rings (SSSR count). The number of fused-ring (bicyclic) bond motifs is 5. The number of esters is 3. The van der Waals surface area contributed by atoms with E-state index >= 15 is 4.79 Å². The number of hydrogen-bond donors (Lipinski definition) is 5. The van der Waals surface area contributed by atoms with Crippen molar-refractivity contribution >= 4 is 29.8 Å². The highest BCUT2D eigenvalue weighted by Crippen LogP contribution is 2.64. The van der Waals surface area contributed by atoms with E-state index < -0.39 is 112 Å². The smallest absolute Gasteiger partial charge is 0.408 e. The summed E-state index contributed by atoms with van der Waals surface area (Å²) in [5.74, 6) is -5.25. The van der Waals surface area contributed by atoms with Gasteiger partial charge in [-0.1, -0.05) is 92.7 Å². The Morgan fingerprint density at radius 2 is 1.48 bits per heavy atom. The first-order valence-corrected chi connectivity index (χ1v) is 22.0. The second kappa shape index (κ2) is 17.4. The third kappa shape index (κ3) is 8.37. The van der Waals surface area contributed by atoms with Gasteiger partial charge in [0.05, 0.1) is 35.1 Å². The van der Waals surface area contributed by atoms with Crippen LogP contribution in [0.25, 0.3) is 0 Å². The zero-order valence-electron chi connectivity index (χ0n) is 38.0. The second-order valence-electron chi connectivity index (χ2n) is 19.7. The van der Waals surface area contributed by atoms with Gasteiger partial charge in [-0.25, -0.2) is 14.4 Å². The molecular formula is C50H60N2O13. The minimum absolute atomic E-state index is 0.00373. The van der Waals surface area contributed by atoms with Crippen molar-refractivity contribution in [1.82, 2.24) is 10.2 Å². The Morgan fingerprint density at radius 3 is 2.06 bits per heavy atom. The van der Waals surface area contributed by atoms with Crippen LogP contribution in [0.5, 0.6) is 0 Å². The number of aliphatic hydroxyl groups excluding tert-OH is 3. The number of Topliss-reactive ketones (excluding diaryl/α,β-unsaturated/α-hetero) is 1. The summed E-state index contributed by atoms with van der Waals surface area (Å²) in [6.07, 6.45) is -10.4. The highest BCUT2D eigenvalue weighted by molar-refractivity contribution is 5.94. The molecule has 3 fully saturated rings. The van der Waals surface area contributed by atoms with Crippen LogP contribution in [-0.2, 0) is 39.9 Å². The van der Waals surface area contributed by atoms with Gasteiger partial charge in [0.15, 0.2) is 11.9 Å². The van der Waals surface area contributed by atoms with Crippen molar-refractivity contribution in [2.24, 2.45) is 16.7 Å². The molecule has 3 aliphatic carbocycles. The number of alkyl carbamates (subject to hydrolysis) is 1. The maximum atomic E-state index is 15.3. The van der Waals surface area contributed by atoms with Crippen molar-refractivity contribution in [2.45, 2.75) is 134 Å². The summed E-state index contributed by atoms with van der Waals surface area (Å²) < 4.78 is 24.4. The Kier molecular flexibility index (Phi) is 12.7. The first-order valence-electron chi connectivity index (χ1n) is 22.0. The number of hydrogen-bond acceptors (Lipinski definition) is 14. The van der Waals surface area contributed by atoms with Crippen molar-refractivity contribution in [3.8, 4) is 0 Å². The topological polar surface area (TPSA) is 218 Å². The second-order valence-corrected chi connectivity index (χ2v) is 19.7. The lowest BCUT2D eigenvalue weighted by molar-refractivity contribution is -0.310. The molecule has 1 saturated heterocycles. The molecule has 0 radical (unpaired) electrons. The van der Waals surface area contributed by atoms with Crippen LogP contribution in [0.2, 0.25) is 0 Å². The predicted octanol–water partition coefficient (Wildman–Crippen LogP) is 4.75. The van der Waals surface area contributed by atoms with Crippen molar-refractivity contribution in [1.29, 1.82) is 0 Å². The van der Waals surface area contributed by atoms with Gasteiger partial charge in [-0.15, -0.1) is 0 Å². The Hall–Kier alpha value is -5.45. The van der Waals surface area contributed by atoms with E-state index in [-0.39, 0.29) is 29.7 Å². The lowest BCUT2D eigenvalue weighted by atomic mass is 9.43. The first kappa shape index (κ1) is 47.5. The van der Waals surface area contributed by atoms with Gasteiger partial charge in [-0.3, -0.25) is 14.5 Å². The van der Waals surface area contributed by atoms with E-state index in [0.29, 0.717) is 12.1 Å². The van der Waals surface area contributed by atoms with Gasteiger partial charge in [0.25, 0.3) is 0 Å². The van der Waals surface area contributed by atoms with E-state index in [9.17, 15) is 39.6 Å². The van der Waals surface area contributed by atoms with Crippen LogP contribution in [-0.4, -0.2) is 115 Å². The highest BCUT2D eigenvalue weighted by Gasteiger charge is 2.78. The molecule has 5 N–H and O–H groups in total. The molecule has 15 nitrogen and oxygen atoms in total. The minimum atomic E-state index is -2.36. The summed E-state index contributed by atoms with van der Waals surface area (Å²) in [5.41, 5.74) is -7.16. The lowest BCUT2D eigenvalue weighted by Crippen LogP contribution is -2.85. The first-order chi connectivity index (χ1) is 30.5. The molecule has 3 aromatic carbocycles. The maximum Gasteiger partial charge on any atom is 0.408 e. The van der Waals surface area contributed by atoms with E-state index in [1.54, 1.807) is 83.1 Å². The number of carbonyl (C=O) groups excluding carboxylic acids is 5. The molecule has 0 spiro atoms. The molecular weight excluding hydrogens is 837 g/mol. The fourth-order valence-corrected chi connectivity index (χ4v) is 11.0. The molecule has 0 unspecified atom stereocenters. The van der Waals surface area contributed by atoms with Crippen molar-refractivity contribution < 1.29 is 63.3 Å². The minimum Gasteiger partial charge on any atom is -0.456 e. The van der Waals surface area contributed by atoms with E-state index in [1.807, 2.05) is 35.2 Å². The summed E-state index contributed by atoms with van der Waals surface area (Å²) >= 11 is 0. The molecule has 2 saturated carbocycles. The SMILES string of the molecule is CC(=O)O[C@@]12CN(Cc3ccccc3)[C@@H]1C[C@H](O)[C@@]1(C)C(=O)[C@H](O)C3=C(C)[C@@H](OC(=O)[C@H](O)[C@@H](NC(=O)OC(C)(C)C)c4ccccc4)C[C@@](O)([C@@H](OC(=O)c4ccccc4)[C@H]21)C3(C)C. The van der Waals surface area contributed by atoms with E-state index in [1.165, 1.54) is 32.9 Å². The molecule has 0 aromatic heterocycles. The normalized spacial score (nSPS) is 31.6. The van der Waals surface area contributed by atoms with Crippen LogP contribution in [0.1, 0.15) is 95.8 Å². The Morgan fingerprint density at radius 1 is 0.892 bits per heavy atom. The average molecular weight is 897 g/mol. The highest BCUT2D eigenvalue weighted by atomic mass is 16.6. The fourth-order valence-electron chi connectivity index (χ4n) is 11.0. The van der Waals surface area contributed by atoms with Gasteiger partial charge in [0.1, 0.15) is 35.1 Å². The number of amides is 1. The largest absolute Gasteiger partial charge is 0.456 e. The number of nitrogens with zero attached hydrogens (tertiary/aromatic N) is 1. The number of likely N-dealkylation sites (tertiary alicyclic amines) is 1. The summed E-state index contributed by atoms with van der Waals surface area (Å²) in [6.45, 7) is 12.7. The molecule has 1 amide bonds. The van der Waals surface area contributed by atoms with Gasteiger partial charge in [0, 0.05) is 31.8 Å². The summed E-state index contributed by atoms with van der Waals surface area (Å²) in [7, 11) is 0. The van der Waals surface area contributed by atoms with Crippen molar-refractivity contribution in [3.05, 3.63) is 119 Å². The van der Waals surface area contributed by atoms with Gasteiger partial charge >= 0.3 is 24.0 Å². The molecule has 1 heterocycles. The summed E-state index contributed by atoms with van der Waals surface area (Å²) in [6, 6.07) is 23.5. The molecule has 3 aromatic rings. The number of ether oxygens (including phenoxy) is 4. The van der Waals surface area contributed by atoms with Crippen LogP contribution in [0.3, 0.4) is 0 Å². The van der Waals surface area contributed by atoms with Crippen molar-refractivity contribution in [2.75, 3.05) is 6.54 Å². The van der Waals surface area contributed by atoms with E-state index in [0.717, 1.165) is 5.56 Å². The Bertz CT molecular complexity index is 2330. The Labute approximate surface area is 378 Å². The fraction of sp³-hybridized carbons (Fsp3) is 0.500. The zero-order chi connectivity index (χ0) is 47.4. The van der Waals surface area contributed by atoms with E-state index in [2.05, 4.69) is 5.32 Å². The van der Waals surface area contributed by atoms with Gasteiger partial charge in [-0.2, -0.15) is 0 Å². The van der Waals surface area contributed by atoms with Crippen LogP contribution < -0.4 is 5.32 Å². The van der Waals surface area contributed by atoms with Crippen LogP contribution in [0, 0.1) is 16.7 Å². The van der Waals surface area contributed by atoms with Crippen LogP contribution >= 0.6 is 0 Å². The van der Waals surface area contributed by atoms with Gasteiger partial charge < -0.3 is 44.7 Å². The summed E-state index contributed by atoms with van der Waals surface area (Å²) in [4.78, 5) is 72.4. The number of aliphatic hydroxyl groups is 4. The number of nitrogens with one attached hydrogen (secondary N) is 1. The molecule has 1 aliphatic heterocycles. The van der Waals surface area contributed by atoms with Gasteiger partial charge in [-0.05, 0) is 75.4 Å². The predicted molar refractivity (Wildman–Crippen MR) is 235 cm³/mol. The molecule has 348 valence electrons. The number of ketones is 1. The maximum absolute atomic E-state index is 15.3. The molecule has 65 heavy (non-hydrogen) atoms. The van der Waals surface area contributed by atoms with Crippen LogP contribution in [0.15, 0.2) is 102 Å². The van der Waals surface area contributed by atoms with E-state index in [4.69, 9.17) is 18.9 Å². The molecule has 15 heteroatoms. The number of rotatable bonds is 10. The summed E-state index contributed by atoms with van der Waals surface area (Å²) in [5, 5.41) is 52.9. The standard InChI is InChI=1S/C50H60N2O13/c1-28-33(62-44(59)39(56)37(31-20-14-10-15-21-31)51-45(60)65-46(3,4)5)25-50(61)42(63-43(58)32-22-16-11-17-23-32)40-48(8,41(57)38(55)36(28)47(50,6)7)35(54)24-34-49(40,64-29(2)53)27-52(34)26-30-18-12-9-13-19-30/h9-23,33-35,37-40,42,54-56,61H,24-27H2,1-8H3,(H,51,60)/t33-,34+,35-,37-,38+,39+,40-,42-,48+,49-,50+/m0/s1. The quantitative estimate of drug-likeness (QED) is 0.106. The number of benzene rings is 3. The molecule has 4 aliphatic rings.